The largest absolute Gasteiger partial charge is 0.345 e. The fourth-order valence-electron chi connectivity index (χ4n) is 1.15. The summed E-state index contributed by atoms with van der Waals surface area (Å²) in [6, 6.07) is 0. The molecule has 1 amide bonds. The second-order valence-corrected chi connectivity index (χ2v) is 3.02. The number of carbonyl (C=O) groups excluding carboxylic acids is 1. The Labute approximate surface area is 85.3 Å². The summed E-state index contributed by atoms with van der Waals surface area (Å²) in [5.74, 6) is 0.433. The first-order valence-electron chi connectivity index (χ1n) is 4.40. The summed E-state index contributed by atoms with van der Waals surface area (Å²) in [7, 11) is 0. The second kappa shape index (κ2) is 3.91. The molecule has 0 fully saturated rings. The van der Waals surface area contributed by atoms with E-state index in [2.05, 4.69) is 30.7 Å². The molecule has 2 aromatic heterocycles. The summed E-state index contributed by atoms with van der Waals surface area (Å²) < 4.78 is 0. The van der Waals surface area contributed by atoms with Crippen molar-refractivity contribution in [1.82, 2.24) is 30.7 Å². The van der Waals surface area contributed by atoms with Crippen molar-refractivity contribution in [2.24, 2.45) is 0 Å². The van der Waals surface area contributed by atoms with Crippen LogP contribution in [-0.2, 0) is 6.54 Å². The number of H-pyrrole nitrogens is 2. The Balaban J connectivity index is 1.96. The van der Waals surface area contributed by atoms with Crippen molar-refractivity contribution in [3.8, 4) is 0 Å². The van der Waals surface area contributed by atoms with Crippen LogP contribution >= 0.6 is 0 Å². The highest BCUT2D eigenvalue weighted by Gasteiger charge is 2.10. The van der Waals surface area contributed by atoms with Crippen LogP contribution < -0.4 is 5.32 Å². The van der Waals surface area contributed by atoms with Gasteiger partial charge in [-0.2, -0.15) is 10.2 Å². The lowest BCUT2D eigenvalue weighted by Gasteiger charge is -2.00. The molecule has 0 aliphatic rings. The van der Waals surface area contributed by atoms with Crippen LogP contribution in [0.15, 0.2) is 12.5 Å². The summed E-state index contributed by atoms with van der Waals surface area (Å²) in [6.07, 6.45) is 2.88. The summed E-state index contributed by atoms with van der Waals surface area (Å²) in [6.45, 7) is 2.11. The molecule has 0 bridgehead atoms. The van der Waals surface area contributed by atoms with Crippen LogP contribution in [0, 0.1) is 6.92 Å². The molecule has 0 spiro atoms. The van der Waals surface area contributed by atoms with Gasteiger partial charge in [0.1, 0.15) is 12.2 Å². The third kappa shape index (κ3) is 2.01. The van der Waals surface area contributed by atoms with Gasteiger partial charge >= 0.3 is 0 Å². The van der Waals surface area contributed by atoms with Gasteiger partial charge in [-0.1, -0.05) is 0 Å². The number of aryl methyl sites for hydroxylation is 1. The van der Waals surface area contributed by atoms with E-state index in [4.69, 9.17) is 0 Å². The Morgan fingerprint density at radius 3 is 2.93 bits per heavy atom. The van der Waals surface area contributed by atoms with Gasteiger partial charge in [0, 0.05) is 5.69 Å². The molecular formula is C8H10N6O. The number of rotatable bonds is 3. The minimum Gasteiger partial charge on any atom is -0.345 e. The number of hydrogen-bond acceptors (Lipinski definition) is 4. The first kappa shape index (κ1) is 9.38. The molecule has 0 aliphatic carbocycles. The van der Waals surface area contributed by atoms with Gasteiger partial charge in [-0.05, 0) is 6.92 Å². The van der Waals surface area contributed by atoms with E-state index in [0.717, 1.165) is 5.69 Å². The van der Waals surface area contributed by atoms with E-state index >= 15 is 0 Å². The van der Waals surface area contributed by atoms with Crippen LogP contribution in [0.25, 0.3) is 0 Å². The van der Waals surface area contributed by atoms with E-state index in [1.807, 2.05) is 0 Å². The molecule has 0 radical (unpaired) electrons. The maximum atomic E-state index is 11.6. The normalized spacial score (nSPS) is 10.2. The van der Waals surface area contributed by atoms with Crippen LogP contribution in [0.1, 0.15) is 21.9 Å². The van der Waals surface area contributed by atoms with Crippen LogP contribution in [0.5, 0.6) is 0 Å². The Morgan fingerprint density at radius 1 is 1.47 bits per heavy atom. The average molecular weight is 206 g/mol. The van der Waals surface area contributed by atoms with Crippen molar-refractivity contribution in [1.29, 1.82) is 0 Å². The smallest absolute Gasteiger partial charge is 0.255 e. The standard InChI is InChI=1S/C8H10N6O/c1-5-6(2-11-13-5)8(15)9-3-7-10-4-12-14-7/h2,4H,3H2,1H3,(H,9,15)(H,11,13)(H,10,12,14). The van der Waals surface area contributed by atoms with Gasteiger partial charge < -0.3 is 5.32 Å². The Bertz CT molecular complexity index is 445. The summed E-state index contributed by atoms with van der Waals surface area (Å²) in [5.41, 5.74) is 1.28. The first-order valence-corrected chi connectivity index (χ1v) is 4.40. The van der Waals surface area contributed by atoms with Crippen LogP contribution in [0.4, 0.5) is 0 Å². The summed E-state index contributed by atoms with van der Waals surface area (Å²) >= 11 is 0. The minimum absolute atomic E-state index is 0.183. The number of aromatic amines is 2. The van der Waals surface area contributed by atoms with E-state index in [-0.39, 0.29) is 5.91 Å². The molecule has 0 atom stereocenters. The fourth-order valence-corrected chi connectivity index (χ4v) is 1.15. The molecule has 7 nitrogen and oxygen atoms in total. The maximum absolute atomic E-state index is 11.6. The molecule has 3 N–H and O–H groups in total. The number of nitrogens with one attached hydrogen (secondary N) is 3. The van der Waals surface area contributed by atoms with Gasteiger partial charge in [-0.15, -0.1) is 0 Å². The third-order valence-electron chi connectivity index (χ3n) is 1.96. The zero-order valence-corrected chi connectivity index (χ0v) is 8.11. The number of hydrogen-bond donors (Lipinski definition) is 3. The van der Waals surface area contributed by atoms with Crippen LogP contribution in [0.2, 0.25) is 0 Å². The number of carbonyl (C=O) groups is 1. The number of amides is 1. The Hall–Kier alpha value is -2.18. The lowest BCUT2D eigenvalue weighted by Crippen LogP contribution is -2.23. The molecule has 2 heterocycles. The second-order valence-electron chi connectivity index (χ2n) is 3.02. The highest BCUT2D eigenvalue weighted by molar-refractivity contribution is 5.94. The predicted molar refractivity (Wildman–Crippen MR) is 50.9 cm³/mol. The average Bonchev–Trinajstić information content (AvgIpc) is 2.84. The van der Waals surface area contributed by atoms with Gasteiger partial charge in [0.2, 0.25) is 0 Å². The van der Waals surface area contributed by atoms with E-state index in [1.54, 1.807) is 6.92 Å². The van der Waals surface area contributed by atoms with Gasteiger partial charge in [0.15, 0.2) is 0 Å². The molecule has 15 heavy (non-hydrogen) atoms. The summed E-state index contributed by atoms with van der Waals surface area (Å²) in [4.78, 5) is 15.5. The molecule has 2 aromatic rings. The fraction of sp³-hybridized carbons (Fsp3) is 0.250. The highest BCUT2D eigenvalue weighted by atomic mass is 16.1. The lowest BCUT2D eigenvalue weighted by atomic mass is 10.2. The summed E-state index contributed by atoms with van der Waals surface area (Å²) in [5, 5.41) is 15.5. The van der Waals surface area contributed by atoms with Gasteiger partial charge in [-0.25, -0.2) is 4.98 Å². The molecular weight excluding hydrogens is 196 g/mol. The minimum atomic E-state index is -0.183. The predicted octanol–water partition coefficient (Wildman–Crippen LogP) is -0.234. The first-order chi connectivity index (χ1) is 7.27. The number of aromatic nitrogens is 5. The molecule has 0 aromatic carbocycles. The van der Waals surface area contributed by atoms with Gasteiger partial charge in [0.05, 0.1) is 18.3 Å². The van der Waals surface area contributed by atoms with Crippen molar-refractivity contribution < 1.29 is 4.79 Å². The SMILES string of the molecule is Cc1[nH]ncc1C(=O)NCc1ncn[nH]1. The van der Waals surface area contributed by atoms with Gasteiger partial charge in [0.25, 0.3) is 5.91 Å². The maximum Gasteiger partial charge on any atom is 0.255 e. The van der Waals surface area contributed by atoms with E-state index < -0.39 is 0 Å². The molecule has 0 aliphatic heterocycles. The molecule has 0 saturated carbocycles. The lowest BCUT2D eigenvalue weighted by molar-refractivity contribution is 0.0949. The number of nitrogens with zero attached hydrogens (tertiary/aromatic N) is 3. The van der Waals surface area contributed by atoms with Gasteiger partial charge in [-0.3, -0.25) is 15.0 Å². The topological polar surface area (TPSA) is 99.3 Å². The zero-order valence-electron chi connectivity index (χ0n) is 8.11. The van der Waals surface area contributed by atoms with Crippen molar-refractivity contribution >= 4 is 5.91 Å². The van der Waals surface area contributed by atoms with Crippen molar-refractivity contribution in [3.63, 3.8) is 0 Å². The van der Waals surface area contributed by atoms with E-state index in [9.17, 15) is 4.79 Å². The van der Waals surface area contributed by atoms with Crippen molar-refractivity contribution in [2.45, 2.75) is 13.5 Å². The Kier molecular flexibility index (Phi) is 2.44. The molecule has 78 valence electrons. The Morgan fingerprint density at radius 2 is 2.33 bits per heavy atom. The van der Waals surface area contributed by atoms with E-state index in [0.29, 0.717) is 17.9 Å². The van der Waals surface area contributed by atoms with Crippen LogP contribution in [0.3, 0.4) is 0 Å². The molecule has 2 rings (SSSR count). The quantitative estimate of drug-likeness (QED) is 0.645. The molecule has 0 saturated heterocycles. The van der Waals surface area contributed by atoms with Crippen LogP contribution in [-0.4, -0.2) is 31.3 Å². The van der Waals surface area contributed by atoms with E-state index in [1.165, 1.54) is 12.5 Å². The zero-order chi connectivity index (χ0) is 10.7. The highest BCUT2D eigenvalue weighted by Crippen LogP contribution is 2.01. The molecule has 7 heteroatoms. The third-order valence-corrected chi connectivity index (χ3v) is 1.96. The van der Waals surface area contributed by atoms with Crippen molar-refractivity contribution in [2.75, 3.05) is 0 Å². The van der Waals surface area contributed by atoms with Crippen molar-refractivity contribution in [3.05, 3.63) is 29.6 Å². The monoisotopic (exact) mass is 206 g/mol. The molecule has 0 unspecified atom stereocenters.